The van der Waals surface area contributed by atoms with Gasteiger partial charge in [-0.25, -0.2) is 21.6 Å². The van der Waals surface area contributed by atoms with Crippen LogP contribution in [0, 0.1) is 5.41 Å². The summed E-state index contributed by atoms with van der Waals surface area (Å²) in [6, 6.07) is 14.1. The molecule has 12 heteroatoms. The third kappa shape index (κ3) is 7.01. The van der Waals surface area contributed by atoms with Gasteiger partial charge in [0.15, 0.2) is 15.3 Å². The molecule has 0 spiro atoms. The Balaban J connectivity index is 2.75. The monoisotopic (exact) mass is 578 g/mol. The van der Waals surface area contributed by atoms with Crippen LogP contribution in [0.3, 0.4) is 0 Å². The second kappa shape index (κ2) is 13.3. The minimum Gasteiger partial charge on any atom is -0.468 e. The molecule has 0 aliphatic carbocycles. The van der Waals surface area contributed by atoms with Gasteiger partial charge in [0, 0.05) is 6.08 Å². The highest BCUT2D eigenvalue weighted by molar-refractivity contribution is 7.98. The number of ether oxygens (including phenoxy) is 3. The van der Waals surface area contributed by atoms with E-state index in [9.17, 15) is 31.2 Å². The first-order valence-corrected chi connectivity index (χ1v) is 14.6. The molecule has 2 aromatic rings. The normalized spacial score (nSPS) is 12.9. The summed E-state index contributed by atoms with van der Waals surface area (Å²) in [6.07, 6.45) is 1.06. The van der Waals surface area contributed by atoms with Crippen molar-refractivity contribution in [3.63, 3.8) is 0 Å². The van der Waals surface area contributed by atoms with E-state index < -0.39 is 59.6 Å². The summed E-state index contributed by atoms with van der Waals surface area (Å²) in [4.78, 5) is 36.6. The lowest BCUT2D eigenvalue weighted by Gasteiger charge is -2.32. The molecular formula is C27H30O10S2. The molecule has 0 saturated heterocycles. The molecule has 2 rings (SSSR count). The fourth-order valence-electron chi connectivity index (χ4n) is 3.94. The van der Waals surface area contributed by atoms with Gasteiger partial charge in [0.25, 0.3) is 0 Å². The number of methoxy groups -OCH3 is 3. The maximum absolute atomic E-state index is 13.9. The Morgan fingerprint density at radius 1 is 0.821 bits per heavy atom. The molecule has 0 N–H and O–H groups in total. The highest BCUT2D eigenvalue weighted by atomic mass is 32.2. The van der Waals surface area contributed by atoms with Crippen LogP contribution < -0.4 is 0 Å². The Hall–Kier alpha value is -3.77. The first kappa shape index (κ1) is 31.4. The second-order valence-corrected chi connectivity index (χ2v) is 12.5. The Bertz CT molecular complexity index is 1410. The molecule has 1 unspecified atom stereocenters. The zero-order valence-corrected chi connectivity index (χ0v) is 23.4. The number of hydrogen-bond donors (Lipinski definition) is 0. The van der Waals surface area contributed by atoms with Crippen LogP contribution in [0.15, 0.2) is 94.1 Å². The van der Waals surface area contributed by atoms with Crippen molar-refractivity contribution in [3.05, 3.63) is 84.3 Å². The van der Waals surface area contributed by atoms with Gasteiger partial charge in [0.1, 0.15) is 5.25 Å². The number of rotatable bonds is 13. The van der Waals surface area contributed by atoms with Crippen molar-refractivity contribution in [2.24, 2.45) is 5.41 Å². The van der Waals surface area contributed by atoms with Crippen molar-refractivity contribution >= 4 is 37.6 Å². The standard InChI is InChI=1S/C27H30O10S2/c1-20(38(31,32)21-13-7-5-8-14-21)23(39(33,34)22-15-9-6-10-16-22)19-27(25(29)36-3,26(30)37-4)18-12-11-17-24(28)35-2/h5-11,13-17,23H,1,12,18-19H2,2-4H3/b17-11+. The van der Waals surface area contributed by atoms with Gasteiger partial charge in [-0.3, -0.25) is 9.59 Å². The summed E-state index contributed by atoms with van der Waals surface area (Å²) >= 11 is 0. The molecule has 0 saturated carbocycles. The molecule has 0 aliphatic heterocycles. The van der Waals surface area contributed by atoms with Crippen LogP contribution in [0.2, 0.25) is 0 Å². The third-order valence-corrected chi connectivity index (χ3v) is 10.2. The van der Waals surface area contributed by atoms with Crippen molar-refractivity contribution in [1.82, 2.24) is 0 Å². The van der Waals surface area contributed by atoms with Crippen LogP contribution in [0.1, 0.15) is 19.3 Å². The van der Waals surface area contributed by atoms with Gasteiger partial charge < -0.3 is 14.2 Å². The maximum atomic E-state index is 13.9. The molecule has 210 valence electrons. The highest BCUT2D eigenvalue weighted by Crippen LogP contribution is 2.40. The van der Waals surface area contributed by atoms with E-state index in [-0.39, 0.29) is 22.6 Å². The summed E-state index contributed by atoms with van der Waals surface area (Å²) in [6.45, 7) is 3.63. The van der Waals surface area contributed by atoms with Crippen molar-refractivity contribution < 1.29 is 45.4 Å². The number of sulfone groups is 2. The van der Waals surface area contributed by atoms with E-state index in [1.54, 1.807) is 12.1 Å². The predicted octanol–water partition coefficient (Wildman–Crippen LogP) is 3.05. The van der Waals surface area contributed by atoms with Gasteiger partial charge in [-0.15, -0.1) is 0 Å². The van der Waals surface area contributed by atoms with Gasteiger partial charge in [0.2, 0.25) is 9.84 Å². The topological polar surface area (TPSA) is 147 Å². The van der Waals surface area contributed by atoms with E-state index >= 15 is 0 Å². The van der Waals surface area contributed by atoms with Crippen LogP contribution in [0.4, 0.5) is 0 Å². The van der Waals surface area contributed by atoms with Gasteiger partial charge in [0.05, 0.1) is 36.0 Å². The molecule has 39 heavy (non-hydrogen) atoms. The molecule has 0 heterocycles. The minimum absolute atomic E-state index is 0.0880. The fraction of sp³-hybridized carbons (Fsp3) is 0.296. The van der Waals surface area contributed by atoms with Crippen LogP contribution in [-0.2, 0) is 48.3 Å². The lowest BCUT2D eigenvalue weighted by Crippen LogP contribution is -2.46. The Labute approximate surface area is 228 Å². The molecular weight excluding hydrogens is 548 g/mol. The number of hydrogen-bond acceptors (Lipinski definition) is 10. The number of esters is 3. The number of carbonyl (C=O) groups is 3. The molecule has 0 fully saturated rings. The van der Waals surface area contributed by atoms with Gasteiger partial charge >= 0.3 is 17.9 Å². The molecule has 10 nitrogen and oxygen atoms in total. The maximum Gasteiger partial charge on any atom is 0.330 e. The van der Waals surface area contributed by atoms with Crippen molar-refractivity contribution in [2.75, 3.05) is 21.3 Å². The lowest BCUT2D eigenvalue weighted by molar-refractivity contribution is -0.170. The summed E-state index contributed by atoms with van der Waals surface area (Å²) in [5.74, 6) is -2.97. The molecule has 0 aliphatic rings. The zero-order chi connectivity index (χ0) is 29.3. The van der Waals surface area contributed by atoms with E-state index in [0.717, 1.165) is 27.4 Å². The van der Waals surface area contributed by atoms with Gasteiger partial charge in [-0.1, -0.05) is 49.1 Å². The third-order valence-electron chi connectivity index (χ3n) is 6.08. The largest absolute Gasteiger partial charge is 0.468 e. The zero-order valence-electron chi connectivity index (χ0n) is 21.7. The summed E-state index contributed by atoms with van der Waals surface area (Å²) in [5.41, 5.74) is -2.27. The average Bonchev–Trinajstić information content (AvgIpc) is 2.96. The number of carbonyl (C=O) groups excluding carboxylic acids is 3. The molecule has 0 radical (unpaired) electrons. The quantitative estimate of drug-likeness (QED) is 0.150. The minimum atomic E-state index is -4.54. The Kier molecular flexibility index (Phi) is 10.8. The van der Waals surface area contributed by atoms with Crippen LogP contribution in [0.5, 0.6) is 0 Å². The van der Waals surface area contributed by atoms with E-state index in [1.807, 2.05) is 0 Å². The van der Waals surface area contributed by atoms with Crippen LogP contribution >= 0.6 is 0 Å². The summed E-state index contributed by atoms with van der Waals surface area (Å²) in [5, 5.41) is -1.96. The van der Waals surface area contributed by atoms with Gasteiger partial charge in [-0.05, 0) is 43.5 Å². The lowest BCUT2D eigenvalue weighted by atomic mass is 9.78. The SMILES string of the molecule is C=C(C(CC(CC/C=C/C(=O)OC)(C(=O)OC)C(=O)OC)S(=O)(=O)c1ccccc1)S(=O)(=O)c1ccccc1. The van der Waals surface area contributed by atoms with Gasteiger partial charge in [-0.2, -0.15) is 0 Å². The molecule has 2 aromatic carbocycles. The fourth-order valence-corrected chi connectivity index (χ4v) is 7.66. The van der Waals surface area contributed by atoms with Crippen LogP contribution in [0.25, 0.3) is 0 Å². The summed E-state index contributed by atoms with van der Waals surface area (Å²) in [7, 11) is -5.84. The molecule has 1 atom stereocenters. The van der Waals surface area contributed by atoms with E-state index in [2.05, 4.69) is 11.3 Å². The highest BCUT2D eigenvalue weighted by Gasteiger charge is 2.53. The summed E-state index contributed by atoms with van der Waals surface area (Å²) < 4.78 is 69.1. The Morgan fingerprint density at radius 3 is 1.77 bits per heavy atom. The van der Waals surface area contributed by atoms with Crippen molar-refractivity contribution in [3.8, 4) is 0 Å². The Morgan fingerprint density at radius 2 is 1.31 bits per heavy atom. The van der Waals surface area contributed by atoms with E-state index in [4.69, 9.17) is 9.47 Å². The van der Waals surface area contributed by atoms with Crippen LogP contribution in [-0.4, -0.2) is 61.3 Å². The predicted molar refractivity (Wildman–Crippen MR) is 142 cm³/mol. The van der Waals surface area contributed by atoms with Crippen molar-refractivity contribution in [2.45, 2.75) is 34.3 Å². The van der Waals surface area contributed by atoms with Crippen molar-refractivity contribution in [1.29, 1.82) is 0 Å². The number of benzene rings is 2. The average molecular weight is 579 g/mol. The molecule has 0 amide bonds. The molecule has 0 bridgehead atoms. The number of allylic oxidation sites excluding steroid dienone is 1. The second-order valence-electron chi connectivity index (χ2n) is 8.36. The first-order valence-electron chi connectivity index (χ1n) is 11.6. The smallest absolute Gasteiger partial charge is 0.330 e. The first-order chi connectivity index (χ1) is 18.4. The van der Waals surface area contributed by atoms with E-state index in [1.165, 1.54) is 54.6 Å². The molecule has 0 aromatic heterocycles. The van der Waals surface area contributed by atoms with E-state index in [0.29, 0.717) is 0 Å².